The van der Waals surface area contributed by atoms with E-state index in [0.717, 1.165) is 4.47 Å². The number of nitrogens with zero attached hydrogens (tertiary/aromatic N) is 1. The number of ether oxygens (including phenoxy) is 1. The predicted molar refractivity (Wildman–Crippen MR) is 130 cm³/mol. The van der Waals surface area contributed by atoms with Gasteiger partial charge >= 0.3 is 5.97 Å². The predicted octanol–water partition coefficient (Wildman–Crippen LogP) is 4.21. The fraction of sp³-hybridized carbons (Fsp3) is 0.333. The van der Waals surface area contributed by atoms with Crippen molar-refractivity contribution in [1.82, 2.24) is 0 Å². The van der Waals surface area contributed by atoms with E-state index in [1.54, 1.807) is 24.3 Å². The number of hydrogen-bond donors (Lipinski definition) is 1. The van der Waals surface area contributed by atoms with Crippen LogP contribution in [-0.2, 0) is 19.1 Å². The third-order valence-electron chi connectivity index (χ3n) is 6.81. The number of imide groups is 1. The van der Waals surface area contributed by atoms with Gasteiger partial charge in [0.1, 0.15) is 0 Å². The Hall–Kier alpha value is -2.42. The van der Waals surface area contributed by atoms with Gasteiger partial charge in [0, 0.05) is 10.2 Å². The summed E-state index contributed by atoms with van der Waals surface area (Å²) < 4.78 is 5.95. The summed E-state index contributed by atoms with van der Waals surface area (Å²) in [5, 5.41) is 2.00. The molecule has 6 atom stereocenters. The topological polar surface area (TPSA) is 92.8 Å². The lowest BCUT2D eigenvalue weighted by molar-refractivity contribution is -0.123. The lowest BCUT2D eigenvalue weighted by Gasteiger charge is -2.28. The second kappa shape index (κ2) is 8.98. The molecule has 176 valence electrons. The van der Waals surface area contributed by atoms with Crippen LogP contribution in [0.25, 0.3) is 0 Å². The molecule has 1 heterocycles. The molecule has 7 nitrogen and oxygen atoms in total. The standard InChI is InChI=1S/C24H19BrCl2N2O5/c25-12-3-5-13(6-4-12)28-17(30)10-34-24(33)11-1-7-14(8-2-11)29-22(31)18-15-9-16(19(18)23(29)32)21(27)20(15)26/h1-8,15-16,18-21H,9-10H2,(H,28,30)/t15-,16-,18-,19+,20-,21+/m1/s1. The molecule has 0 aromatic heterocycles. The van der Waals surface area contributed by atoms with Crippen LogP contribution in [0.3, 0.4) is 0 Å². The van der Waals surface area contributed by atoms with E-state index >= 15 is 0 Å². The van der Waals surface area contributed by atoms with Crippen LogP contribution >= 0.6 is 39.1 Å². The molecule has 2 bridgehead atoms. The Bertz CT molecular complexity index is 1140. The van der Waals surface area contributed by atoms with Crippen molar-refractivity contribution in [2.45, 2.75) is 17.2 Å². The van der Waals surface area contributed by atoms with Gasteiger partial charge in [-0.05, 0) is 66.8 Å². The molecule has 1 aliphatic heterocycles. The van der Waals surface area contributed by atoms with Crippen LogP contribution in [0.4, 0.5) is 11.4 Å². The number of benzene rings is 2. The number of hydrogen-bond acceptors (Lipinski definition) is 5. The molecule has 10 heteroatoms. The van der Waals surface area contributed by atoms with Gasteiger partial charge in [-0.3, -0.25) is 19.3 Å². The molecule has 1 saturated heterocycles. The van der Waals surface area contributed by atoms with Crippen molar-refractivity contribution in [3.05, 3.63) is 58.6 Å². The Morgan fingerprint density at radius 2 is 1.50 bits per heavy atom. The van der Waals surface area contributed by atoms with Gasteiger partial charge < -0.3 is 10.1 Å². The number of anilines is 2. The van der Waals surface area contributed by atoms with Crippen molar-refractivity contribution in [2.24, 2.45) is 23.7 Å². The summed E-state index contributed by atoms with van der Waals surface area (Å²) in [6.07, 6.45) is 0.698. The minimum absolute atomic E-state index is 0.0987. The zero-order valence-corrected chi connectivity index (χ0v) is 20.7. The van der Waals surface area contributed by atoms with Crippen LogP contribution in [-0.4, -0.2) is 41.1 Å². The summed E-state index contributed by atoms with van der Waals surface area (Å²) >= 11 is 16.1. The zero-order chi connectivity index (χ0) is 24.1. The third-order valence-corrected chi connectivity index (χ3v) is 8.66. The maximum atomic E-state index is 13.1. The van der Waals surface area contributed by atoms with E-state index in [-0.39, 0.29) is 40.0 Å². The van der Waals surface area contributed by atoms with Crippen molar-refractivity contribution in [3.63, 3.8) is 0 Å². The molecule has 0 unspecified atom stereocenters. The van der Waals surface area contributed by atoms with E-state index in [4.69, 9.17) is 27.9 Å². The van der Waals surface area contributed by atoms with Crippen molar-refractivity contribution >= 4 is 74.2 Å². The number of alkyl halides is 2. The molecule has 2 aromatic rings. The van der Waals surface area contributed by atoms with E-state index < -0.39 is 30.3 Å². The molecule has 2 aromatic carbocycles. The third kappa shape index (κ3) is 3.91. The van der Waals surface area contributed by atoms with Gasteiger partial charge in [0.2, 0.25) is 11.8 Å². The average Bonchev–Trinajstić information content (AvgIpc) is 3.44. The first-order valence-electron chi connectivity index (χ1n) is 10.7. The fourth-order valence-electron chi connectivity index (χ4n) is 5.29. The molecule has 34 heavy (non-hydrogen) atoms. The lowest BCUT2D eigenvalue weighted by atomic mass is 9.80. The van der Waals surface area contributed by atoms with Crippen LogP contribution in [0.5, 0.6) is 0 Å². The lowest BCUT2D eigenvalue weighted by Crippen LogP contribution is -2.37. The summed E-state index contributed by atoms with van der Waals surface area (Å²) in [6, 6.07) is 12.9. The summed E-state index contributed by atoms with van der Waals surface area (Å²) in [6.45, 7) is -0.453. The van der Waals surface area contributed by atoms with E-state index in [1.807, 2.05) is 0 Å². The summed E-state index contributed by atoms with van der Waals surface area (Å²) in [5.74, 6) is -2.78. The Morgan fingerprint density at radius 1 is 0.941 bits per heavy atom. The monoisotopic (exact) mass is 564 g/mol. The van der Waals surface area contributed by atoms with Gasteiger partial charge in [0.15, 0.2) is 6.61 Å². The van der Waals surface area contributed by atoms with Gasteiger partial charge in [-0.1, -0.05) is 15.9 Å². The summed E-state index contributed by atoms with van der Waals surface area (Å²) in [4.78, 5) is 51.7. The number of nitrogens with one attached hydrogen (secondary N) is 1. The number of carbonyl (C=O) groups excluding carboxylic acids is 4. The fourth-order valence-corrected chi connectivity index (χ4v) is 6.45. The highest BCUT2D eigenvalue weighted by Gasteiger charge is 2.66. The average molecular weight is 566 g/mol. The first-order chi connectivity index (χ1) is 16.3. The Labute approximate surface area is 213 Å². The van der Waals surface area contributed by atoms with E-state index in [9.17, 15) is 19.2 Å². The first kappa shape index (κ1) is 23.3. The molecule has 3 aliphatic rings. The van der Waals surface area contributed by atoms with Crippen molar-refractivity contribution < 1.29 is 23.9 Å². The highest BCUT2D eigenvalue weighted by atomic mass is 79.9. The minimum atomic E-state index is -0.693. The van der Waals surface area contributed by atoms with Gasteiger partial charge in [0.25, 0.3) is 5.91 Å². The number of esters is 1. The number of halogens is 3. The smallest absolute Gasteiger partial charge is 0.338 e. The van der Waals surface area contributed by atoms with Crippen molar-refractivity contribution in [1.29, 1.82) is 0 Å². The first-order valence-corrected chi connectivity index (χ1v) is 12.4. The SMILES string of the molecule is O=C(COC(=O)c1ccc(N2C(=O)[C@@H]3[C@H]4C[C@@H]([C@H](Cl)[C@@H]4Cl)[C@@H]3C2=O)cc1)Nc1ccc(Br)cc1. The van der Waals surface area contributed by atoms with Crippen LogP contribution in [0.15, 0.2) is 53.0 Å². The molecule has 3 fully saturated rings. The van der Waals surface area contributed by atoms with Gasteiger partial charge in [-0.25, -0.2) is 4.79 Å². The molecule has 5 rings (SSSR count). The summed E-state index contributed by atoms with van der Waals surface area (Å²) in [5.41, 5.74) is 1.15. The van der Waals surface area contributed by atoms with E-state index in [0.29, 0.717) is 17.8 Å². The molecule has 2 aliphatic carbocycles. The highest BCUT2D eigenvalue weighted by molar-refractivity contribution is 9.10. The van der Waals surface area contributed by atoms with Gasteiger partial charge in [-0.2, -0.15) is 0 Å². The second-order valence-corrected chi connectivity index (χ2v) is 10.6. The minimum Gasteiger partial charge on any atom is -0.452 e. The molecular weight excluding hydrogens is 547 g/mol. The van der Waals surface area contributed by atoms with Crippen LogP contribution in [0.2, 0.25) is 0 Å². The maximum absolute atomic E-state index is 13.1. The number of fused-ring (bicyclic) bond motifs is 5. The Kier molecular flexibility index (Phi) is 6.16. The highest BCUT2D eigenvalue weighted by Crippen LogP contribution is 2.59. The Balaban J connectivity index is 1.21. The molecule has 0 radical (unpaired) electrons. The van der Waals surface area contributed by atoms with Crippen molar-refractivity contribution in [3.8, 4) is 0 Å². The number of carbonyl (C=O) groups is 4. The summed E-state index contributed by atoms with van der Waals surface area (Å²) in [7, 11) is 0. The zero-order valence-electron chi connectivity index (χ0n) is 17.6. The molecule has 2 saturated carbocycles. The number of amides is 3. The Morgan fingerprint density at radius 3 is 2.06 bits per heavy atom. The largest absolute Gasteiger partial charge is 0.452 e. The second-order valence-electron chi connectivity index (χ2n) is 8.69. The van der Waals surface area contributed by atoms with Gasteiger partial charge in [0.05, 0.1) is 33.8 Å². The van der Waals surface area contributed by atoms with E-state index in [2.05, 4.69) is 21.2 Å². The molecule has 1 N–H and O–H groups in total. The van der Waals surface area contributed by atoms with Crippen LogP contribution in [0.1, 0.15) is 16.8 Å². The maximum Gasteiger partial charge on any atom is 0.338 e. The van der Waals surface area contributed by atoms with E-state index in [1.165, 1.54) is 29.2 Å². The van der Waals surface area contributed by atoms with Gasteiger partial charge in [-0.15, -0.1) is 23.2 Å². The van der Waals surface area contributed by atoms with Crippen molar-refractivity contribution in [2.75, 3.05) is 16.8 Å². The molecule has 3 amide bonds. The normalized spacial score (nSPS) is 29.3. The molecular formula is C24H19BrCl2N2O5. The van der Waals surface area contributed by atoms with Crippen LogP contribution < -0.4 is 10.2 Å². The molecule has 0 spiro atoms. The van der Waals surface area contributed by atoms with Crippen LogP contribution in [0, 0.1) is 23.7 Å². The quantitative estimate of drug-likeness (QED) is 0.333. The number of rotatable bonds is 5.